The number of oxime groups is 1. The molecule has 5 nitrogen and oxygen atoms in total. The number of benzene rings is 1. The summed E-state index contributed by atoms with van der Waals surface area (Å²) < 4.78 is 0. The zero-order valence-corrected chi connectivity index (χ0v) is 7.73. The standard InChI is InChI=1S/C9H11N3O2/c1-14-12-8(9(13)11-10)7-5-3-2-4-6-7/h2-6H,10H2,1H3,(H,11,13). The van der Waals surface area contributed by atoms with Crippen molar-refractivity contribution in [2.75, 3.05) is 7.11 Å². The first-order valence-corrected chi connectivity index (χ1v) is 3.97. The van der Waals surface area contributed by atoms with Crippen molar-refractivity contribution in [2.24, 2.45) is 11.0 Å². The molecule has 0 bridgehead atoms. The molecule has 0 saturated carbocycles. The lowest BCUT2D eigenvalue weighted by Gasteiger charge is -2.03. The number of rotatable bonds is 3. The molecule has 1 rings (SSSR count). The van der Waals surface area contributed by atoms with Gasteiger partial charge in [0, 0.05) is 5.56 Å². The summed E-state index contributed by atoms with van der Waals surface area (Å²) in [6, 6.07) is 8.92. The van der Waals surface area contributed by atoms with Gasteiger partial charge < -0.3 is 4.84 Å². The van der Waals surface area contributed by atoms with Crippen LogP contribution in [0.5, 0.6) is 0 Å². The Labute approximate surface area is 81.5 Å². The summed E-state index contributed by atoms with van der Waals surface area (Å²) in [5, 5.41) is 3.59. The molecule has 1 aromatic carbocycles. The van der Waals surface area contributed by atoms with Crippen molar-refractivity contribution < 1.29 is 9.63 Å². The number of nitrogens with zero attached hydrogens (tertiary/aromatic N) is 1. The molecule has 0 spiro atoms. The molecule has 0 aliphatic rings. The van der Waals surface area contributed by atoms with Crippen LogP contribution in [0.15, 0.2) is 35.5 Å². The summed E-state index contributed by atoms with van der Waals surface area (Å²) in [6.07, 6.45) is 0. The Hall–Kier alpha value is -1.88. The third kappa shape index (κ3) is 2.30. The lowest BCUT2D eigenvalue weighted by Crippen LogP contribution is -2.36. The van der Waals surface area contributed by atoms with Crippen LogP contribution in [0.4, 0.5) is 0 Å². The third-order valence-corrected chi connectivity index (χ3v) is 1.58. The fourth-order valence-electron chi connectivity index (χ4n) is 0.981. The van der Waals surface area contributed by atoms with Gasteiger partial charge in [0.05, 0.1) is 0 Å². The Kier molecular flexibility index (Phi) is 3.63. The van der Waals surface area contributed by atoms with E-state index in [-0.39, 0.29) is 5.71 Å². The number of hydrogen-bond donors (Lipinski definition) is 2. The Bertz CT molecular complexity index is 335. The van der Waals surface area contributed by atoms with Gasteiger partial charge in [-0.3, -0.25) is 10.2 Å². The third-order valence-electron chi connectivity index (χ3n) is 1.58. The van der Waals surface area contributed by atoms with Crippen LogP contribution in [0.3, 0.4) is 0 Å². The van der Waals surface area contributed by atoms with Crippen LogP contribution in [0, 0.1) is 0 Å². The molecule has 0 aliphatic carbocycles. The van der Waals surface area contributed by atoms with Crippen molar-refractivity contribution in [2.45, 2.75) is 0 Å². The highest BCUT2D eigenvalue weighted by Crippen LogP contribution is 2.01. The fourth-order valence-corrected chi connectivity index (χ4v) is 0.981. The summed E-state index contributed by atoms with van der Waals surface area (Å²) in [4.78, 5) is 15.8. The fraction of sp³-hybridized carbons (Fsp3) is 0.111. The van der Waals surface area contributed by atoms with Gasteiger partial charge >= 0.3 is 0 Å². The van der Waals surface area contributed by atoms with Crippen molar-refractivity contribution >= 4 is 11.6 Å². The molecule has 0 radical (unpaired) electrons. The van der Waals surface area contributed by atoms with Crippen molar-refractivity contribution in [1.82, 2.24) is 5.43 Å². The number of carbonyl (C=O) groups is 1. The lowest BCUT2D eigenvalue weighted by molar-refractivity contribution is -0.114. The van der Waals surface area contributed by atoms with Crippen LogP contribution in [-0.2, 0) is 9.63 Å². The Morgan fingerprint density at radius 3 is 2.57 bits per heavy atom. The van der Waals surface area contributed by atoms with Crippen LogP contribution in [0.1, 0.15) is 5.56 Å². The van der Waals surface area contributed by atoms with E-state index in [9.17, 15) is 4.79 Å². The van der Waals surface area contributed by atoms with Crippen LogP contribution in [-0.4, -0.2) is 18.7 Å². The zero-order valence-electron chi connectivity index (χ0n) is 7.73. The molecule has 0 aliphatic heterocycles. The first-order chi connectivity index (χ1) is 6.79. The van der Waals surface area contributed by atoms with E-state index in [0.717, 1.165) is 0 Å². The first-order valence-electron chi connectivity index (χ1n) is 3.97. The molecule has 0 saturated heterocycles. The Morgan fingerprint density at radius 2 is 2.07 bits per heavy atom. The van der Waals surface area contributed by atoms with Crippen molar-refractivity contribution in [3.05, 3.63) is 35.9 Å². The predicted molar refractivity (Wildman–Crippen MR) is 52.3 cm³/mol. The molecule has 1 amide bonds. The van der Waals surface area contributed by atoms with Crippen LogP contribution >= 0.6 is 0 Å². The monoisotopic (exact) mass is 193 g/mol. The van der Waals surface area contributed by atoms with E-state index in [4.69, 9.17) is 5.84 Å². The summed E-state index contributed by atoms with van der Waals surface area (Å²) in [5.41, 5.74) is 2.80. The Morgan fingerprint density at radius 1 is 1.43 bits per heavy atom. The highest BCUT2D eigenvalue weighted by molar-refractivity contribution is 6.45. The molecule has 0 fully saturated rings. The molecule has 0 aromatic heterocycles. The molecule has 0 atom stereocenters. The quantitative estimate of drug-likeness (QED) is 0.307. The first kappa shape index (κ1) is 10.2. The minimum Gasteiger partial charge on any atom is -0.398 e. The maximum Gasteiger partial charge on any atom is 0.287 e. The molecule has 1 aromatic rings. The molecule has 0 unspecified atom stereocenters. The van der Waals surface area contributed by atoms with Gasteiger partial charge in [-0.2, -0.15) is 0 Å². The highest BCUT2D eigenvalue weighted by atomic mass is 16.6. The zero-order chi connectivity index (χ0) is 10.4. The molecule has 74 valence electrons. The number of carbonyl (C=O) groups excluding carboxylic acids is 1. The lowest BCUT2D eigenvalue weighted by atomic mass is 10.1. The maximum absolute atomic E-state index is 11.3. The van der Waals surface area contributed by atoms with E-state index in [1.807, 2.05) is 11.5 Å². The minimum atomic E-state index is -0.488. The van der Waals surface area contributed by atoms with Gasteiger partial charge in [0.25, 0.3) is 5.91 Å². The average molecular weight is 193 g/mol. The number of hydrazine groups is 1. The second-order valence-corrected chi connectivity index (χ2v) is 2.46. The van der Waals surface area contributed by atoms with Gasteiger partial charge in [0.2, 0.25) is 0 Å². The van der Waals surface area contributed by atoms with E-state index in [0.29, 0.717) is 5.56 Å². The van der Waals surface area contributed by atoms with Crippen molar-refractivity contribution in [1.29, 1.82) is 0 Å². The Balaban J connectivity index is 3.02. The minimum absolute atomic E-state index is 0.149. The molecule has 14 heavy (non-hydrogen) atoms. The molecule has 0 heterocycles. The second-order valence-electron chi connectivity index (χ2n) is 2.46. The number of nitrogens with one attached hydrogen (secondary N) is 1. The highest BCUT2D eigenvalue weighted by Gasteiger charge is 2.12. The topological polar surface area (TPSA) is 76.7 Å². The second kappa shape index (κ2) is 4.98. The number of hydrogen-bond acceptors (Lipinski definition) is 4. The van der Waals surface area contributed by atoms with Gasteiger partial charge in [-0.15, -0.1) is 0 Å². The van der Waals surface area contributed by atoms with E-state index in [1.54, 1.807) is 24.3 Å². The van der Waals surface area contributed by atoms with E-state index in [2.05, 4.69) is 9.99 Å². The van der Waals surface area contributed by atoms with E-state index < -0.39 is 5.91 Å². The summed E-state index contributed by atoms with van der Waals surface area (Å²) in [5.74, 6) is 4.52. The molecular weight excluding hydrogens is 182 g/mol. The van der Waals surface area contributed by atoms with Crippen molar-refractivity contribution in [3.8, 4) is 0 Å². The largest absolute Gasteiger partial charge is 0.398 e. The van der Waals surface area contributed by atoms with Gasteiger partial charge in [0.1, 0.15) is 7.11 Å². The van der Waals surface area contributed by atoms with Crippen molar-refractivity contribution in [3.63, 3.8) is 0 Å². The smallest absolute Gasteiger partial charge is 0.287 e. The molecule has 3 N–H and O–H groups in total. The van der Waals surface area contributed by atoms with Crippen LogP contribution in [0.25, 0.3) is 0 Å². The normalized spacial score (nSPS) is 10.9. The van der Waals surface area contributed by atoms with E-state index in [1.165, 1.54) is 7.11 Å². The number of amides is 1. The van der Waals surface area contributed by atoms with Gasteiger partial charge in [-0.05, 0) is 0 Å². The summed E-state index contributed by atoms with van der Waals surface area (Å²) >= 11 is 0. The maximum atomic E-state index is 11.3. The van der Waals surface area contributed by atoms with Gasteiger partial charge in [-0.1, -0.05) is 35.5 Å². The average Bonchev–Trinajstić information content (AvgIpc) is 2.26. The van der Waals surface area contributed by atoms with Crippen LogP contribution in [0.2, 0.25) is 0 Å². The number of nitrogens with two attached hydrogens (primary N) is 1. The molecular formula is C9H11N3O2. The van der Waals surface area contributed by atoms with E-state index >= 15 is 0 Å². The van der Waals surface area contributed by atoms with Gasteiger partial charge in [-0.25, -0.2) is 5.84 Å². The van der Waals surface area contributed by atoms with Crippen LogP contribution < -0.4 is 11.3 Å². The molecule has 5 heteroatoms. The predicted octanol–water partition coefficient (Wildman–Crippen LogP) is 0.0270. The summed E-state index contributed by atoms with van der Waals surface area (Å²) in [6.45, 7) is 0. The SMILES string of the molecule is CON=C(C(=O)NN)c1ccccc1. The van der Waals surface area contributed by atoms with Gasteiger partial charge in [0.15, 0.2) is 5.71 Å². The summed E-state index contributed by atoms with van der Waals surface area (Å²) in [7, 11) is 1.37.